The summed E-state index contributed by atoms with van der Waals surface area (Å²) >= 11 is 0. The van der Waals surface area contributed by atoms with Gasteiger partial charge in [-0.25, -0.2) is 4.39 Å². The van der Waals surface area contributed by atoms with E-state index >= 15 is 0 Å². The predicted octanol–water partition coefficient (Wildman–Crippen LogP) is 5.97. The van der Waals surface area contributed by atoms with Crippen LogP contribution in [0.15, 0.2) is 62.3 Å². The summed E-state index contributed by atoms with van der Waals surface area (Å²) in [6.45, 7) is 12.7. The molecule has 0 spiro atoms. The number of hydrogen-bond acceptors (Lipinski definition) is 3. The molecule has 1 aromatic carbocycles. The molecule has 0 amide bonds. The number of rotatable bonds is 8. The fourth-order valence-electron chi connectivity index (χ4n) is 2.83. The number of alkyl halides is 4. The lowest BCUT2D eigenvalue weighted by atomic mass is 9.88. The van der Waals surface area contributed by atoms with Crippen LogP contribution in [0.3, 0.4) is 0 Å². The molecule has 0 radical (unpaired) electrons. The van der Waals surface area contributed by atoms with E-state index in [4.69, 9.17) is 0 Å². The molecule has 0 saturated carbocycles. The molecule has 7 heteroatoms. The second-order valence-electron chi connectivity index (χ2n) is 6.58. The first-order valence-corrected chi connectivity index (χ1v) is 8.80. The van der Waals surface area contributed by atoms with Crippen LogP contribution in [0.25, 0.3) is 11.4 Å². The number of benzene rings is 1. The summed E-state index contributed by atoms with van der Waals surface area (Å²) in [6, 6.07) is 7.17. The van der Waals surface area contributed by atoms with Crippen LogP contribution in [0.5, 0.6) is 0 Å². The van der Waals surface area contributed by atoms with Crippen LogP contribution in [-0.4, -0.2) is 18.2 Å². The molecule has 29 heavy (non-hydrogen) atoms. The van der Waals surface area contributed by atoms with Crippen molar-refractivity contribution in [3.63, 3.8) is 0 Å². The van der Waals surface area contributed by atoms with Crippen LogP contribution >= 0.6 is 0 Å². The van der Waals surface area contributed by atoms with E-state index in [1.807, 2.05) is 0 Å². The van der Waals surface area contributed by atoms with Crippen molar-refractivity contribution < 1.29 is 17.6 Å². The van der Waals surface area contributed by atoms with Crippen molar-refractivity contribution in [3.8, 4) is 0 Å². The third-order valence-corrected chi connectivity index (χ3v) is 4.56. The Bertz CT molecular complexity index is 934. The van der Waals surface area contributed by atoms with Gasteiger partial charge in [-0.15, -0.1) is 6.58 Å². The molecule has 2 rings (SSSR count). The first-order chi connectivity index (χ1) is 13.5. The van der Waals surface area contributed by atoms with Crippen molar-refractivity contribution in [1.82, 2.24) is 10.3 Å². The predicted molar refractivity (Wildman–Crippen MR) is 110 cm³/mol. The quantitative estimate of drug-likeness (QED) is 0.420. The van der Waals surface area contributed by atoms with Gasteiger partial charge in [-0.2, -0.15) is 13.2 Å². The zero-order valence-electron chi connectivity index (χ0n) is 16.3. The third-order valence-electron chi connectivity index (χ3n) is 4.56. The Morgan fingerprint density at radius 1 is 1.10 bits per heavy atom. The summed E-state index contributed by atoms with van der Waals surface area (Å²) in [5.74, 6) is 0. The first kappa shape index (κ1) is 22.2. The number of halogens is 4. The standard InChI is InChI=1S/C22H23F4N3/c1-6-10-21(23,22(24,25)26)17-8-7-14(2)19(12-17)15(3)29-18-9-11-28-20(13-18)16(4)27-5/h6-9,11-13,27H,1,3-4,10H2,2,5H3,(H,28,29). The highest BCUT2D eigenvalue weighted by atomic mass is 19.4. The minimum Gasteiger partial charge on any atom is -0.387 e. The van der Waals surface area contributed by atoms with Crippen LogP contribution < -0.4 is 10.6 Å². The molecule has 0 fully saturated rings. The van der Waals surface area contributed by atoms with Crippen LogP contribution in [0, 0.1) is 6.92 Å². The molecule has 0 aliphatic carbocycles. The van der Waals surface area contributed by atoms with E-state index < -0.39 is 23.8 Å². The van der Waals surface area contributed by atoms with E-state index in [0.29, 0.717) is 33.9 Å². The smallest absolute Gasteiger partial charge is 0.387 e. The van der Waals surface area contributed by atoms with Crippen LogP contribution in [0.1, 0.15) is 28.8 Å². The molecule has 0 aliphatic heterocycles. The third kappa shape index (κ3) is 4.67. The van der Waals surface area contributed by atoms with Gasteiger partial charge >= 0.3 is 6.18 Å². The molecule has 1 heterocycles. The van der Waals surface area contributed by atoms with Crippen LogP contribution in [-0.2, 0) is 5.67 Å². The minimum atomic E-state index is -5.07. The lowest BCUT2D eigenvalue weighted by Crippen LogP contribution is -2.37. The topological polar surface area (TPSA) is 37.0 Å². The number of nitrogens with zero attached hydrogens (tertiary/aromatic N) is 1. The Hall–Kier alpha value is -3.09. The van der Waals surface area contributed by atoms with Crippen molar-refractivity contribution >= 4 is 17.1 Å². The minimum absolute atomic E-state index is 0.333. The van der Waals surface area contributed by atoms with Crippen molar-refractivity contribution in [1.29, 1.82) is 0 Å². The number of nitrogens with one attached hydrogen (secondary N) is 2. The monoisotopic (exact) mass is 405 g/mol. The molecule has 1 aromatic heterocycles. The Morgan fingerprint density at radius 3 is 2.38 bits per heavy atom. The number of pyridine rings is 1. The van der Waals surface area contributed by atoms with E-state index in [1.165, 1.54) is 12.1 Å². The number of hydrogen-bond donors (Lipinski definition) is 2. The molecule has 0 bridgehead atoms. The summed E-state index contributed by atoms with van der Waals surface area (Å²) in [4.78, 5) is 4.19. The zero-order valence-corrected chi connectivity index (χ0v) is 16.3. The summed E-state index contributed by atoms with van der Waals surface area (Å²) in [5, 5.41) is 5.93. The Balaban J connectivity index is 2.40. The van der Waals surface area contributed by atoms with E-state index in [2.05, 4.69) is 35.4 Å². The highest BCUT2D eigenvalue weighted by Gasteiger charge is 2.56. The number of aromatic nitrogens is 1. The molecule has 0 aliphatic rings. The van der Waals surface area contributed by atoms with E-state index in [1.54, 1.807) is 32.3 Å². The second kappa shape index (κ2) is 8.51. The first-order valence-electron chi connectivity index (χ1n) is 8.80. The van der Waals surface area contributed by atoms with Crippen molar-refractivity contribution in [3.05, 3.63) is 84.7 Å². The Kier molecular flexibility index (Phi) is 6.51. The van der Waals surface area contributed by atoms with E-state index in [9.17, 15) is 17.6 Å². The van der Waals surface area contributed by atoms with Crippen molar-refractivity contribution in [2.45, 2.75) is 25.2 Å². The molecule has 0 saturated heterocycles. The fraction of sp³-hybridized carbons (Fsp3) is 0.227. The number of aryl methyl sites for hydroxylation is 1. The van der Waals surface area contributed by atoms with Crippen LogP contribution in [0.2, 0.25) is 0 Å². The Morgan fingerprint density at radius 2 is 1.79 bits per heavy atom. The van der Waals surface area contributed by atoms with Gasteiger partial charge in [-0.3, -0.25) is 4.98 Å². The largest absolute Gasteiger partial charge is 0.427 e. The maximum absolute atomic E-state index is 14.9. The van der Waals surface area contributed by atoms with Gasteiger partial charge in [0.15, 0.2) is 0 Å². The number of allylic oxidation sites excluding steroid dienone is 1. The average Bonchev–Trinajstić information content (AvgIpc) is 2.67. The molecular formula is C22H23F4N3. The molecule has 1 unspecified atom stereocenters. The van der Waals surface area contributed by atoms with Gasteiger partial charge in [0.25, 0.3) is 0 Å². The van der Waals surface area contributed by atoms with Gasteiger partial charge in [0, 0.05) is 36.6 Å². The number of anilines is 1. The maximum atomic E-state index is 14.9. The van der Waals surface area contributed by atoms with Crippen molar-refractivity contribution in [2.24, 2.45) is 0 Å². The SMILES string of the molecule is C=CCC(F)(c1ccc(C)c(C(=C)Nc2ccnc(C(=C)NC)c2)c1)C(F)(F)F. The van der Waals surface area contributed by atoms with Gasteiger partial charge in [0.05, 0.1) is 11.4 Å². The molecular weight excluding hydrogens is 382 g/mol. The summed E-state index contributed by atoms with van der Waals surface area (Å²) in [7, 11) is 1.71. The lowest BCUT2D eigenvalue weighted by Gasteiger charge is -2.28. The summed E-state index contributed by atoms with van der Waals surface area (Å²) in [6.07, 6.45) is -3.46. The van der Waals surface area contributed by atoms with E-state index in [0.717, 1.165) is 12.1 Å². The van der Waals surface area contributed by atoms with Gasteiger partial charge in [-0.05, 0) is 36.2 Å². The average molecular weight is 405 g/mol. The van der Waals surface area contributed by atoms with Gasteiger partial charge < -0.3 is 10.6 Å². The van der Waals surface area contributed by atoms with Gasteiger partial charge in [0.2, 0.25) is 5.67 Å². The normalized spacial score (nSPS) is 13.3. The highest BCUT2D eigenvalue weighted by Crippen LogP contribution is 2.46. The lowest BCUT2D eigenvalue weighted by molar-refractivity contribution is -0.234. The molecule has 1 atom stereocenters. The van der Waals surface area contributed by atoms with Gasteiger partial charge in [0.1, 0.15) is 0 Å². The maximum Gasteiger partial charge on any atom is 0.427 e. The molecule has 2 aromatic rings. The fourth-order valence-corrected chi connectivity index (χ4v) is 2.83. The Labute approximate surface area is 167 Å². The van der Waals surface area contributed by atoms with Gasteiger partial charge in [-0.1, -0.05) is 31.4 Å². The highest BCUT2D eigenvalue weighted by molar-refractivity contribution is 5.78. The van der Waals surface area contributed by atoms with Crippen LogP contribution in [0.4, 0.5) is 23.2 Å². The molecule has 2 N–H and O–H groups in total. The summed E-state index contributed by atoms with van der Waals surface area (Å²) in [5.41, 5.74) is -0.823. The van der Waals surface area contributed by atoms with E-state index in [-0.39, 0.29) is 0 Å². The molecule has 154 valence electrons. The second-order valence-corrected chi connectivity index (χ2v) is 6.58. The molecule has 3 nitrogen and oxygen atoms in total. The van der Waals surface area contributed by atoms with Crippen molar-refractivity contribution in [2.75, 3.05) is 12.4 Å². The zero-order chi connectivity index (χ0) is 21.8. The summed E-state index contributed by atoms with van der Waals surface area (Å²) < 4.78 is 55.2.